The summed E-state index contributed by atoms with van der Waals surface area (Å²) in [5.41, 5.74) is 1.43. The normalized spacial score (nSPS) is 15.2. The Balaban J connectivity index is 2.42. The van der Waals surface area contributed by atoms with Crippen LogP contribution in [0.25, 0.3) is 11.1 Å². The fourth-order valence-corrected chi connectivity index (χ4v) is 1.81. The van der Waals surface area contributed by atoms with E-state index in [1.807, 2.05) is 0 Å². The number of aromatic amines is 1. The van der Waals surface area contributed by atoms with E-state index >= 15 is 0 Å². The molecule has 0 saturated heterocycles. The van der Waals surface area contributed by atoms with Gasteiger partial charge in [0.1, 0.15) is 6.10 Å². The Labute approximate surface area is 98.8 Å². The molecule has 2 atom stereocenters. The number of rotatable bonds is 3. The van der Waals surface area contributed by atoms with Crippen LogP contribution in [0.5, 0.6) is 0 Å². The van der Waals surface area contributed by atoms with Crippen molar-refractivity contribution in [1.82, 2.24) is 4.98 Å². The molecule has 16 heavy (non-hydrogen) atoms. The molecule has 0 spiro atoms. The lowest BCUT2D eigenvalue weighted by atomic mass is 10.1. The standard InChI is InChI=1S/C10H10BrNO4/c11-4-7(13)9(14)5-1-2-6-8(3-5)16-10(15)12-6/h1-3,7,9,13-14H,4H2,(H,12,15). The molecule has 2 aromatic rings. The minimum atomic E-state index is -1.01. The quantitative estimate of drug-likeness (QED) is 0.733. The predicted molar refractivity (Wildman–Crippen MR) is 61.6 cm³/mol. The van der Waals surface area contributed by atoms with E-state index in [1.54, 1.807) is 12.1 Å². The molecule has 0 aliphatic carbocycles. The van der Waals surface area contributed by atoms with Crippen molar-refractivity contribution in [3.63, 3.8) is 0 Å². The molecule has 3 N–H and O–H groups in total. The van der Waals surface area contributed by atoms with Crippen molar-refractivity contribution in [2.75, 3.05) is 5.33 Å². The number of aliphatic hydroxyl groups is 2. The summed E-state index contributed by atoms with van der Waals surface area (Å²) in [7, 11) is 0. The number of aromatic nitrogens is 1. The van der Waals surface area contributed by atoms with Crippen LogP contribution in [0.3, 0.4) is 0 Å². The first-order valence-corrected chi connectivity index (χ1v) is 5.79. The van der Waals surface area contributed by atoms with Gasteiger partial charge in [-0.05, 0) is 17.7 Å². The zero-order valence-corrected chi connectivity index (χ0v) is 9.77. The van der Waals surface area contributed by atoms with Crippen LogP contribution >= 0.6 is 15.9 Å². The van der Waals surface area contributed by atoms with Crippen LogP contribution in [-0.4, -0.2) is 26.6 Å². The smallest absolute Gasteiger partial charge is 0.408 e. The summed E-state index contributed by atoms with van der Waals surface area (Å²) in [4.78, 5) is 13.4. The molecule has 1 aromatic carbocycles. The Morgan fingerprint density at radius 3 is 2.88 bits per heavy atom. The van der Waals surface area contributed by atoms with Gasteiger partial charge in [-0.1, -0.05) is 22.0 Å². The maximum Gasteiger partial charge on any atom is 0.417 e. The summed E-state index contributed by atoms with van der Waals surface area (Å²) in [6.45, 7) is 0. The Morgan fingerprint density at radius 1 is 1.44 bits per heavy atom. The maximum absolute atomic E-state index is 10.9. The lowest BCUT2D eigenvalue weighted by Gasteiger charge is -2.15. The summed E-state index contributed by atoms with van der Waals surface area (Å²) in [5.74, 6) is -0.539. The molecule has 2 rings (SSSR count). The van der Waals surface area contributed by atoms with Crippen LogP contribution in [0, 0.1) is 0 Å². The highest BCUT2D eigenvalue weighted by Gasteiger charge is 2.17. The molecule has 0 radical (unpaired) electrons. The number of benzene rings is 1. The number of oxazole rings is 1. The lowest BCUT2D eigenvalue weighted by molar-refractivity contribution is 0.0343. The summed E-state index contributed by atoms with van der Waals surface area (Å²) in [6.07, 6.45) is -1.91. The first-order chi connectivity index (χ1) is 7.61. The first-order valence-electron chi connectivity index (χ1n) is 4.66. The first kappa shape index (κ1) is 11.4. The molecule has 0 amide bonds. The second-order valence-corrected chi connectivity index (χ2v) is 4.08. The number of nitrogens with one attached hydrogen (secondary N) is 1. The number of hydrogen-bond donors (Lipinski definition) is 3. The van der Waals surface area contributed by atoms with Crippen molar-refractivity contribution in [3.05, 3.63) is 34.3 Å². The molecule has 6 heteroatoms. The summed E-state index contributed by atoms with van der Waals surface area (Å²) >= 11 is 3.08. The van der Waals surface area contributed by atoms with E-state index in [4.69, 9.17) is 4.42 Å². The predicted octanol–water partition coefficient (Wildman–Crippen LogP) is 0.910. The third-order valence-electron chi connectivity index (χ3n) is 2.31. The van der Waals surface area contributed by atoms with Gasteiger partial charge in [-0.15, -0.1) is 0 Å². The zero-order valence-electron chi connectivity index (χ0n) is 8.18. The average molecular weight is 288 g/mol. The van der Waals surface area contributed by atoms with E-state index < -0.39 is 18.0 Å². The fraction of sp³-hybridized carbons (Fsp3) is 0.300. The summed E-state index contributed by atoms with van der Waals surface area (Å²) in [5, 5.41) is 19.5. The fourth-order valence-electron chi connectivity index (χ4n) is 1.45. The highest BCUT2D eigenvalue weighted by molar-refractivity contribution is 9.09. The third kappa shape index (κ3) is 2.04. The minimum Gasteiger partial charge on any atom is -0.408 e. The van der Waals surface area contributed by atoms with Gasteiger partial charge in [-0.3, -0.25) is 4.98 Å². The lowest BCUT2D eigenvalue weighted by Crippen LogP contribution is -2.19. The van der Waals surface area contributed by atoms with Crippen molar-refractivity contribution in [1.29, 1.82) is 0 Å². The van der Waals surface area contributed by atoms with Gasteiger partial charge < -0.3 is 14.6 Å². The number of halogens is 1. The second kappa shape index (κ2) is 4.40. The van der Waals surface area contributed by atoms with Gasteiger partial charge in [0, 0.05) is 5.33 Å². The summed E-state index contributed by atoms with van der Waals surface area (Å²) in [6, 6.07) is 4.79. The monoisotopic (exact) mass is 287 g/mol. The van der Waals surface area contributed by atoms with Gasteiger partial charge in [0.05, 0.1) is 11.6 Å². The number of alkyl halides is 1. The van der Waals surface area contributed by atoms with Crippen molar-refractivity contribution < 1.29 is 14.6 Å². The van der Waals surface area contributed by atoms with E-state index in [9.17, 15) is 15.0 Å². The SMILES string of the molecule is O=c1[nH]c2ccc(C(O)C(O)CBr)cc2o1. The Hall–Kier alpha value is -1.11. The van der Waals surface area contributed by atoms with E-state index in [2.05, 4.69) is 20.9 Å². The molecule has 0 aliphatic heterocycles. The molecule has 0 aliphatic rings. The van der Waals surface area contributed by atoms with Crippen molar-refractivity contribution in [3.8, 4) is 0 Å². The maximum atomic E-state index is 10.9. The number of aliphatic hydroxyl groups excluding tert-OH is 2. The van der Waals surface area contributed by atoms with Crippen molar-refractivity contribution >= 4 is 27.0 Å². The van der Waals surface area contributed by atoms with Crippen LogP contribution < -0.4 is 5.76 Å². The molecule has 86 valence electrons. The van der Waals surface area contributed by atoms with Crippen LogP contribution in [0.1, 0.15) is 11.7 Å². The highest BCUT2D eigenvalue weighted by atomic mass is 79.9. The molecule has 2 unspecified atom stereocenters. The molecule has 1 aromatic heterocycles. The van der Waals surface area contributed by atoms with Gasteiger partial charge in [0.2, 0.25) is 0 Å². The highest BCUT2D eigenvalue weighted by Crippen LogP contribution is 2.21. The van der Waals surface area contributed by atoms with Crippen LogP contribution in [-0.2, 0) is 0 Å². The molecule has 1 heterocycles. The molecular weight excluding hydrogens is 278 g/mol. The summed E-state index contributed by atoms with van der Waals surface area (Å²) < 4.78 is 4.86. The van der Waals surface area contributed by atoms with Gasteiger partial charge in [0.15, 0.2) is 5.58 Å². The number of hydrogen-bond acceptors (Lipinski definition) is 4. The largest absolute Gasteiger partial charge is 0.417 e. The van der Waals surface area contributed by atoms with E-state index in [-0.39, 0.29) is 5.33 Å². The topological polar surface area (TPSA) is 86.5 Å². The average Bonchev–Trinajstić information content (AvgIpc) is 2.65. The van der Waals surface area contributed by atoms with Crippen molar-refractivity contribution in [2.24, 2.45) is 0 Å². The van der Waals surface area contributed by atoms with Gasteiger partial charge in [-0.25, -0.2) is 4.79 Å². The Morgan fingerprint density at radius 2 is 2.19 bits per heavy atom. The molecule has 0 fully saturated rings. The van der Waals surface area contributed by atoms with Gasteiger partial charge in [-0.2, -0.15) is 0 Å². The van der Waals surface area contributed by atoms with E-state index in [1.165, 1.54) is 6.07 Å². The molecular formula is C10H10BrNO4. The molecule has 0 bridgehead atoms. The van der Waals surface area contributed by atoms with Crippen LogP contribution in [0.4, 0.5) is 0 Å². The molecule has 0 saturated carbocycles. The second-order valence-electron chi connectivity index (χ2n) is 3.44. The minimum absolute atomic E-state index is 0.267. The zero-order chi connectivity index (χ0) is 11.7. The van der Waals surface area contributed by atoms with Gasteiger partial charge >= 0.3 is 5.76 Å². The Bertz CT molecular complexity index is 547. The number of H-pyrrole nitrogens is 1. The van der Waals surface area contributed by atoms with Gasteiger partial charge in [0.25, 0.3) is 0 Å². The molecule has 5 nitrogen and oxygen atoms in total. The van der Waals surface area contributed by atoms with E-state index in [0.717, 1.165) is 0 Å². The van der Waals surface area contributed by atoms with Crippen LogP contribution in [0.15, 0.2) is 27.4 Å². The van der Waals surface area contributed by atoms with Crippen molar-refractivity contribution in [2.45, 2.75) is 12.2 Å². The third-order valence-corrected chi connectivity index (χ3v) is 2.97. The van der Waals surface area contributed by atoms with Crippen LogP contribution in [0.2, 0.25) is 0 Å². The van der Waals surface area contributed by atoms with E-state index in [0.29, 0.717) is 16.7 Å². The Kier molecular flexibility index (Phi) is 3.13. The number of fused-ring (bicyclic) bond motifs is 1.